The van der Waals surface area contributed by atoms with E-state index in [1.54, 1.807) is 22.9 Å². The van der Waals surface area contributed by atoms with Crippen molar-refractivity contribution in [2.24, 2.45) is 5.92 Å². The molecule has 1 saturated carbocycles. The molecule has 1 heterocycles. The molecule has 1 fully saturated rings. The SMILES string of the molecule is Cc1cc(NC(=O)C2CC2c2ccccc2)nn1Cc1ccccc1F. The van der Waals surface area contributed by atoms with E-state index in [2.05, 4.69) is 22.5 Å². The van der Waals surface area contributed by atoms with Crippen LogP contribution in [0.25, 0.3) is 0 Å². The zero-order chi connectivity index (χ0) is 18.1. The number of rotatable bonds is 5. The molecule has 1 aliphatic carbocycles. The van der Waals surface area contributed by atoms with Gasteiger partial charge in [0.1, 0.15) is 5.82 Å². The molecule has 2 unspecified atom stereocenters. The van der Waals surface area contributed by atoms with Crippen LogP contribution in [0.15, 0.2) is 60.7 Å². The summed E-state index contributed by atoms with van der Waals surface area (Å²) in [4.78, 5) is 12.5. The van der Waals surface area contributed by atoms with Gasteiger partial charge in [0.15, 0.2) is 5.82 Å². The first-order chi connectivity index (χ1) is 12.6. The number of halogens is 1. The maximum atomic E-state index is 13.8. The minimum atomic E-state index is -0.253. The summed E-state index contributed by atoms with van der Waals surface area (Å²) in [6.07, 6.45) is 0.866. The molecule has 0 spiro atoms. The molecular weight excluding hydrogens is 329 g/mol. The Balaban J connectivity index is 1.42. The van der Waals surface area contributed by atoms with Crippen molar-refractivity contribution >= 4 is 11.7 Å². The molecule has 132 valence electrons. The Bertz CT molecular complexity index is 935. The van der Waals surface area contributed by atoms with Crippen molar-refractivity contribution in [2.75, 3.05) is 5.32 Å². The molecule has 1 aromatic heterocycles. The number of nitrogens with zero attached hydrogens (tertiary/aromatic N) is 2. The fraction of sp³-hybridized carbons (Fsp3) is 0.238. The Morgan fingerprint density at radius 1 is 1.19 bits per heavy atom. The first kappa shape index (κ1) is 16.5. The van der Waals surface area contributed by atoms with Gasteiger partial charge in [-0.05, 0) is 30.9 Å². The van der Waals surface area contributed by atoms with E-state index in [9.17, 15) is 9.18 Å². The smallest absolute Gasteiger partial charge is 0.229 e. The number of nitrogens with one attached hydrogen (secondary N) is 1. The fourth-order valence-corrected chi connectivity index (χ4v) is 3.29. The highest BCUT2D eigenvalue weighted by Gasteiger charge is 2.44. The molecule has 0 radical (unpaired) electrons. The van der Waals surface area contributed by atoms with Crippen LogP contribution < -0.4 is 5.32 Å². The molecule has 4 rings (SSSR count). The van der Waals surface area contributed by atoms with Crippen LogP contribution in [0.3, 0.4) is 0 Å². The summed E-state index contributed by atoms with van der Waals surface area (Å²) in [5.74, 6) is 0.542. The average Bonchev–Trinajstić information content (AvgIpc) is 3.38. The van der Waals surface area contributed by atoms with Crippen molar-refractivity contribution in [1.29, 1.82) is 0 Å². The predicted octanol–water partition coefficient (Wildman–Crippen LogP) is 4.12. The standard InChI is InChI=1S/C21H20FN3O/c1-14-11-20(24-25(14)13-16-9-5-6-10-19(16)22)23-21(26)18-12-17(18)15-7-3-2-4-8-15/h2-11,17-18H,12-13H2,1H3,(H,23,24,26). The Morgan fingerprint density at radius 3 is 2.69 bits per heavy atom. The Morgan fingerprint density at radius 2 is 1.92 bits per heavy atom. The lowest BCUT2D eigenvalue weighted by Crippen LogP contribution is -2.15. The minimum absolute atomic E-state index is 0.00516. The van der Waals surface area contributed by atoms with Crippen LogP contribution >= 0.6 is 0 Å². The number of anilines is 1. The van der Waals surface area contributed by atoms with Gasteiger partial charge in [-0.3, -0.25) is 9.48 Å². The third-order valence-corrected chi connectivity index (χ3v) is 4.87. The summed E-state index contributed by atoms with van der Waals surface area (Å²) in [6.45, 7) is 2.23. The number of aryl methyl sites for hydroxylation is 1. The summed E-state index contributed by atoms with van der Waals surface area (Å²) in [6, 6.07) is 18.6. The molecule has 1 aliphatic rings. The molecule has 5 heteroatoms. The van der Waals surface area contributed by atoms with E-state index >= 15 is 0 Å². The molecule has 1 N–H and O–H groups in total. The van der Waals surface area contributed by atoms with Crippen LogP contribution in [0.2, 0.25) is 0 Å². The van der Waals surface area contributed by atoms with Gasteiger partial charge < -0.3 is 5.32 Å². The molecule has 0 saturated heterocycles. The topological polar surface area (TPSA) is 46.9 Å². The lowest BCUT2D eigenvalue weighted by atomic mass is 10.1. The molecule has 2 atom stereocenters. The van der Waals surface area contributed by atoms with Crippen LogP contribution in [0, 0.1) is 18.7 Å². The number of hydrogen-bond acceptors (Lipinski definition) is 2. The van der Waals surface area contributed by atoms with Crippen molar-refractivity contribution in [3.63, 3.8) is 0 Å². The molecule has 1 amide bonds. The van der Waals surface area contributed by atoms with E-state index in [-0.39, 0.29) is 23.6 Å². The van der Waals surface area contributed by atoms with Crippen LogP contribution in [-0.4, -0.2) is 15.7 Å². The lowest BCUT2D eigenvalue weighted by Gasteiger charge is -2.05. The van der Waals surface area contributed by atoms with E-state index in [1.807, 2.05) is 31.2 Å². The van der Waals surface area contributed by atoms with Crippen molar-refractivity contribution in [2.45, 2.75) is 25.8 Å². The van der Waals surface area contributed by atoms with Gasteiger partial charge in [-0.1, -0.05) is 48.5 Å². The van der Waals surface area contributed by atoms with Gasteiger partial charge >= 0.3 is 0 Å². The number of amides is 1. The minimum Gasteiger partial charge on any atom is -0.309 e. The van der Waals surface area contributed by atoms with Crippen molar-refractivity contribution in [3.05, 3.63) is 83.3 Å². The van der Waals surface area contributed by atoms with Crippen LogP contribution in [0.1, 0.15) is 29.2 Å². The highest BCUT2D eigenvalue weighted by Crippen LogP contribution is 2.47. The molecule has 26 heavy (non-hydrogen) atoms. The van der Waals surface area contributed by atoms with E-state index in [0.717, 1.165) is 12.1 Å². The number of carbonyl (C=O) groups excluding carboxylic acids is 1. The van der Waals surface area contributed by atoms with Crippen LogP contribution in [0.5, 0.6) is 0 Å². The van der Waals surface area contributed by atoms with Gasteiger partial charge in [-0.25, -0.2) is 4.39 Å². The van der Waals surface area contributed by atoms with Crippen molar-refractivity contribution < 1.29 is 9.18 Å². The fourth-order valence-electron chi connectivity index (χ4n) is 3.29. The highest BCUT2D eigenvalue weighted by atomic mass is 19.1. The second kappa shape index (κ2) is 6.75. The molecule has 0 bridgehead atoms. The van der Waals surface area contributed by atoms with E-state index < -0.39 is 0 Å². The van der Waals surface area contributed by atoms with Gasteiger partial charge in [0.05, 0.1) is 6.54 Å². The first-order valence-corrected chi connectivity index (χ1v) is 8.75. The zero-order valence-corrected chi connectivity index (χ0v) is 14.5. The quantitative estimate of drug-likeness (QED) is 0.753. The predicted molar refractivity (Wildman–Crippen MR) is 98.4 cm³/mol. The van der Waals surface area contributed by atoms with Gasteiger partial charge in [0.2, 0.25) is 5.91 Å². The summed E-state index contributed by atoms with van der Waals surface area (Å²) >= 11 is 0. The monoisotopic (exact) mass is 349 g/mol. The van der Waals surface area contributed by atoms with Gasteiger partial charge in [0.25, 0.3) is 0 Å². The third-order valence-electron chi connectivity index (χ3n) is 4.87. The second-order valence-electron chi connectivity index (χ2n) is 6.77. The maximum absolute atomic E-state index is 13.8. The summed E-state index contributed by atoms with van der Waals surface area (Å²) < 4.78 is 15.5. The molecular formula is C21H20FN3O. The van der Waals surface area contributed by atoms with Crippen molar-refractivity contribution in [3.8, 4) is 0 Å². The summed E-state index contributed by atoms with van der Waals surface area (Å²) in [5.41, 5.74) is 2.65. The van der Waals surface area contributed by atoms with E-state index in [1.165, 1.54) is 11.6 Å². The van der Waals surface area contributed by atoms with Crippen molar-refractivity contribution in [1.82, 2.24) is 9.78 Å². The maximum Gasteiger partial charge on any atom is 0.229 e. The largest absolute Gasteiger partial charge is 0.309 e. The third kappa shape index (κ3) is 3.38. The second-order valence-corrected chi connectivity index (χ2v) is 6.77. The summed E-state index contributed by atoms with van der Waals surface area (Å²) in [7, 11) is 0. The van der Waals surface area contributed by atoms with Crippen LogP contribution in [-0.2, 0) is 11.3 Å². The number of benzene rings is 2. The summed E-state index contributed by atoms with van der Waals surface area (Å²) in [5, 5.41) is 7.31. The van der Waals surface area contributed by atoms with Gasteiger partial charge in [-0.15, -0.1) is 0 Å². The van der Waals surface area contributed by atoms with Crippen LogP contribution in [0.4, 0.5) is 10.2 Å². The average molecular weight is 349 g/mol. The number of carbonyl (C=O) groups is 1. The molecule has 4 nitrogen and oxygen atoms in total. The number of hydrogen-bond donors (Lipinski definition) is 1. The van der Waals surface area contributed by atoms with Gasteiger partial charge in [-0.2, -0.15) is 5.10 Å². The van der Waals surface area contributed by atoms with E-state index in [4.69, 9.17) is 0 Å². The van der Waals surface area contributed by atoms with Gasteiger partial charge in [0, 0.05) is 23.2 Å². The lowest BCUT2D eigenvalue weighted by molar-refractivity contribution is -0.117. The normalized spacial score (nSPS) is 18.5. The first-order valence-electron chi connectivity index (χ1n) is 8.75. The Kier molecular flexibility index (Phi) is 4.29. The zero-order valence-electron chi connectivity index (χ0n) is 14.5. The highest BCUT2D eigenvalue weighted by molar-refractivity contribution is 5.94. The molecule has 3 aromatic rings. The Hall–Kier alpha value is -2.95. The molecule has 0 aliphatic heterocycles. The molecule has 2 aromatic carbocycles. The van der Waals surface area contributed by atoms with E-state index in [0.29, 0.717) is 17.9 Å². The Labute approximate surface area is 151 Å². The number of aromatic nitrogens is 2.